The molecule has 0 aromatic heterocycles. The number of β-amino-alcohol motifs (C(OH)–C–C–N with tert-alkyl or cyclic N) is 1. The van der Waals surface area contributed by atoms with E-state index in [-0.39, 0.29) is 6.10 Å². The first-order chi connectivity index (χ1) is 9.85. The van der Waals surface area contributed by atoms with Gasteiger partial charge in [-0.3, -0.25) is 4.90 Å². The summed E-state index contributed by atoms with van der Waals surface area (Å²) < 4.78 is 6.05. The molecule has 3 heteroatoms. The van der Waals surface area contributed by atoms with Crippen LogP contribution in [0.2, 0.25) is 0 Å². The molecule has 1 N–H and O–H groups in total. The van der Waals surface area contributed by atoms with Gasteiger partial charge < -0.3 is 9.84 Å². The minimum Gasteiger partial charge on any atom is -0.389 e. The van der Waals surface area contributed by atoms with Crippen LogP contribution in [0.3, 0.4) is 0 Å². The molecule has 1 heterocycles. The molecule has 0 bridgehead atoms. The monoisotopic (exact) mass is 297 g/mol. The molecular formula is C18H35NO2. The molecule has 21 heavy (non-hydrogen) atoms. The van der Waals surface area contributed by atoms with Crippen LogP contribution in [-0.2, 0) is 4.74 Å². The maximum Gasteiger partial charge on any atom is 0.0900 e. The second-order valence-electron chi connectivity index (χ2n) is 8.36. The molecule has 2 fully saturated rings. The normalized spacial score (nSPS) is 35.6. The molecule has 1 aliphatic carbocycles. The Hall–Kier alpha value is -0.120. The van der Waals surface area contributed by atoms with E-state index in [4.69, 9.17) is 4.74 Å². The summed E-state index contributed by atoms with van der Waals surface area (Å²) in [5.74, 6) is 0.734. The Bertz CT molecular complexity index is 318. The zero-order valence-corrected chi connectivity index (χ0v) is 14.5. The van der Waals surface area contributed by atoms with Crippen LogP contribution in [0.25, 0.3) is 0 Å². The molecule has 0 spiro atoms. The Labute approximate surface area is 131 Å². The molecule has 0 aromatic carbocycles. The van der Waals surface area contributed by atoms with Gasteiger partial charge in [0.1, 0.15) is 0 Å². The zero-order valence-electron chi connectivity index (χ0n) is 14.5. The topological polar surface area (TPSA) is 32.7 Å². The summed E-state index contributed by atoms with van der Waals surface area (Å²) in [6.45, 7) is 11.7. The molecule has 1 saturated carbocycles. The minimum atomic E-state index is -0.342. The summed E-state index contributed by atoms with van der Waals surface area (Å²) in [4.78, 5) is 2.42. The molecule has 0 radical (unpaired) electrons. The van der Waals surface area contributed by atoms with Crippen LogP contribution in [0.1, 0.15) is 66.2 Å². The first kappa shape index (κ1) is 17.2. The summed E-state index contributed by atoms with van der Waals surface area (Å²) in [5.41, 5.74) is 0.384. The number of likely N-dealkylation sites (tertiary alicyclic amines) is 1. The lowest BCUT2D eigenvalue weighted by molar-refractivity contribution is -0.0645. The van der Waals surface area contributed by atoms with Crippen molar-refractivity contribution in [3.8, 4) is 0 Å². The third-order valence-electron chi connectivity index (χ3n) is 5.26. The number of piperidine rings is 1. The first-order valence-corrected chi connectivity index (χ1v) is 8.89. The fourth-order valence-electron chi connectivity index (χ4n) is 4.38. The Morgan fingerprint density at radius 3 is 2.67 bits per heavy atom. The molecule has 124 valence electrons. The second-order valence-corrected chi connectivity index (χ2v) is 8.36. The molecule has 3 nitrogen and oxygen atoms in total. The highest BCUT2D eigenvalue weighted by atomic mass is 16.5. The Balaban J connectivity index is 1.72. The van der Waals surface area contributed by atoms with E-state index in [1.165, 1.54) is 25.7 Å². The average molecular weight is 297 g/mol. The van der Waals surface area contributed by atoms with Gasteiger partial charge in [-0.2, -0.15) is 0 Å². The van der Waals surface area contributed by atoms with E-state index in [0.29, 0.717) is 24.2 Å². The van der Waals surface area contributed by atoms with E-state index < -0.39 is 0 Å². The van der Waals surface area contributed by atoms with Gasteiger partial charge >= 0.3 is 0 Å². The minimum absolute atomic E-state index is 0.331. The quantitative estimate of drug-likeness (QED) is 0.843. The van der Waals surface area contributed by atoms with Gasteiger partial charge in [0.25, 0.3) is 0 Å². The van der Waals surface area contributed by atoms with Gasteiger partial charge in [0, 0.05) is 12.6 Å². The summed E-state index contributed by atoms with van der Waals surface area (Å²) in [7, 11) is 0. The van der Waals surface area contributed by atoms with E-state index in [9.17, 15) is 5.11 Å². The van der Waals surface area contributed by atoms with Gasteiger partial charge in [-0.25, -0.2) is 0 Å². The Kier molecular flexibility index (Phi) is 6.10. The maximum atomic E-state index is 10.3. The molecule has 0 unspecified atom stereocenters. The molecule has 0 aromatic rings. The van der Waals surface area contributed by atoms with Gasteiger partial charge in [0.15, 0.2) is 0 Å². The highest BCUT2D eigenvalue weighted by Crippen LogP contribution is 2.39. The van der Waals surface area contributed by atoms with Crippen molar-refractivity contribution >= 4 is 0 Å². The van der Waals surface area contributed by atoms with Crippen molar-refractivity contribution < 1.29 is 9.84 Å². The summed E-state index contributed by atoms with van der Waals surface area (Å²) >= 11 is 0. The number of hydrogen-bond donors (Lipinski definition) is 1. The van der Waals surface area contributed by atoms with Crippen LogP contribution in [0.5, 0.6) is 0 Å². The average Bonchev–Trinajstić information content (AvgIpc) is 2.37. The maximum absolute atomic E-state index is 10.3. The van der Waals surface area contributed by atoms with Gasteiger partial charge in [0.05, 0.1) is 18.8 Å². The number of ether oxygens (including phenoxy) is 1. The second kappa shape index (κ2) is 7.43. The highest BCUT2D eigenvalue weighted by molar-refractivity contribution is 4.84. The van der Waals surface area contributed by atoms with Crippen molar-refractivity contribution in [1.82, 2.24) is 4.90 Å². The molecule has 0 amide bonds. The smallest absolute Gasteiger partial charge is 0.0900 e. The lowest BCUT2D eigenvalue weighted by atomic mass is 9.71. The predicted octanol–water partition coefficient (Wildman–Crippen LogP) is 3.45. The molecule has 2 rings (SSSR count). The van der Waals surface area contributed by atoms with Crippen molar-refractivity contribution in [2.24, 2.45) is 11.3 Å². The molecule has 1 saturated heterocycles. The number of aliphatic hydroxyl groups excluding tert-OH is 1. The number of hydrogen-bond acceptors (Lipinski definition) is 3. The Morgan fingerprint density at radius 2 is 2.00 bits per heavy atom. The third kappa shape index (κ3) is 5.54. The summed E-state index contributed by atoms with van der Waals surface area (Å²) in [5, 5.41) is 10.3. The fourth-order valence-corrected chi connectivity index (χ4v) is 4.38. The first-order valence-electron chi connectivity index (χ1n) is 8.89. The lowest BCUT2D eigenvalue weighted by Crippen LogP contribution is -2.44. The molecule has 1 aliphatic heterocycles. The SMILES string of the molecule is C[C@H]1C[C@@H](OC[C@@H](O)CN2CCCC[C@@H]2C)CC(C)(C)C1. The van der Waals surface area contributed by atoms with E-state index >= 15 is 0 Å². The van der Waals surface area contributed by atoms with E-state index in [0.717, 1.165) is 31.8 Å². The standard InChI is InChI=1S/C18H35NO2/c1-14-9-17(11-18(3,4)10-14)21-13-16(20)12-19-8-6-5-7-15(19)2/h14-17,20H,5-13H2,1-4H3/t14-,15-,16-,17+/m0/s1. The van der Waals surface area contributed by atoms with Crippen molar-refractivity contribution in [2.45, 2.75) is 84.5 Å². The van der Waals surface area contributed by atoms with Crippen molar-refractivity contribution in [1.29, 1.82) is 0 Å². The fraction of sp³-hybridized carbons (Fsp3) is 1.00. The van der Waals surface area contributed by atoms with Crippen molar-refractivity contribution in [2.75, 3.05) is 19.7 Å². The highest BCUT2D eigenvalue weighted by Gasteiger charge is 2.33. The number of aliphatic hydroxyl groups is 1. The summed E-state index contributed by atoms with van der Waals surface area (Å²) in [6, 6.07) is 0.613. The van der Waals surface area contributed by atoms with E-state index in [2.05, 4.69) is 32.6 Å². The van der Waals surface area contributed by atoms with Crippen molar-refractivity contribution in [3.05, 3.63) is 0 Å². The molecular weight excluding hydrogens is 262 g/mol. The summed E-state index contributed by atoms with van der Waals surface area (Å²) in [6.07, 6.45) is 7.43. The number of rotatable bonds is 5. The number of nitrogens with zero attached hydrogens (tertiary/aromatic N) is 1. The van der Waals surface area contributed by atoms with Gasteiger partial charge in [-0.1, -0.05) is 27.2 Å². The third-order valence-corrected chi connectivity index (χ3v) is 5.26. The molecule has 4 atom stereocenters. The van der Waals surface area contributed by atoms with Gasteiger partial charge in [-0.15, -0.1) is 0 Å². The van der Waals surface area contributed by atoms with Crippen LogP contribution in [0, 0.1) is 11.3 Å². The predicted molar refractivity (Wildman–Crippen MR) is 87.4 cm³/mol. The van der Waals surface area contributed by atoms with Crippen LogP contribution in [0.4, 0.5) is 0 Å². The lowest BCUT2D eigenvalue weighted by Gasteiger charge is -2.39. The Morgan fingerprint density at radius 1 is 1.24 bits per heavy atom. The van der Waals surface area contributed by atoms with Crippen molar-refractivity contribution in [3.63, 3.8) is 0 Å². The van der Waals surface area contributed by atoms with Crippen LogP contribution < -0.4 is 0 Å². The molecule has 2 aliphatic rings. The van der Waals surface area contributed by atoms with Crippen LogP contribution in [0.15, 0.2) is 0 Å². The van der Waals surface area contributed by atoms with Gasteiger partial charge in [-0.05, 0) is 56.9 Å². The largest absolute Gasteiger partial charge is 0.389 e. The van der Waals surface area contributed by atoms with E-state index in [1.54, 1.807) is 0 Å². The van der Waals surface area contributed by atoms with Crippen LogP contribution in [-0.4, -0.2) is 48.0 Å². The zero-order chi connectivity index (χ0) is 15.5. The van der Waals surface area contributed by atoms with Gasteiger partial charge in [0.2, 0.25) is 0 Å². The van der Waals surface area contributed by atoms with E-state index in [1.807, 2.05) is 0 Å². The van der Waals surface area contributed by atoms with Crippen LogP contribution >= 0.6 is 0 Å².